The van der Waals surface area contributed by atoms with E-state index in [4.69, 9.17) is 11.6 Å². The van der Waals surface area contributed by atoms with Gasteiger partial charge in [0.05, 0.1) is 17.5 Å². The number of ketones is 1. The fraction of sp³-hybridized carbons (Fsp3) is 0.222. The van der Waals surface area contributed by atoms with E-state index in [1.54, 1.807) is 22.8 Å². The van der Waals surface area contributed by atoms with Crippen LogP contribution in [0, 0.1) is 0 Å². The highest BCUT2D eigenvalue weighted by Gasteiger charge is 2.23. The molecule has 2 heterocycles. The summed E-state index contributed by atoms with van der Waals surface area (Å²) in [6, 6.07) is 7.28. The minimum absolute atomic E-state index is 0.0832. The molecule has 1 aliphatic carbocycles. The van der Waals surface area contributed by atoms with Gasteiger partial charge < -0.3 is 5.32 Å². The van der Waals surface area contributed by atoms with Crippen LogP contribution in [-0.4, -0.2) is 26.3 Å². The van der Waals surface area contributed by atoms with Gasteiger partial charge in [0.1, 0.15) is 5.56 Å². The van der Waals surface area contributed by atoms with E-state index in [0.717, 1.165) is 24.1 Å². The Kier molecular flexibility index (Phi) is 3.97. The van der Waals surface area contributed by atoms with Gasteiger partial charge in [-0.25, -0.2) is 9.50 Å². The monoisotopic (exact) mass is 354 g/mol. The van der Waals surface area contributed by atoms with Gasteiger partial charge in [0.2, 0.25) is 0 Å². The first-order valence-corrected chi connectivity index (χ1v) is 8.43. The van der Waals surface area contributed by atoms with E-state index in [1.165, 1.54) is 6.20 Å². The van der Waals surface area contributed by atoms with E-state index in [1.807, 2.05) is 12.1 Å². The van der Waals surface area contributed by atoms with Gasteiger partial charge in [-0.2, -0.15) is 5.10 Å². The highest BCUT2D eigenvalue weighted by atomic mass is 35.5. The molecule has 126 valence electrons. The Hall–Kier alpha value is -2.73. The zero-order valence-electron chi connectivity index (χ0n) is 13.3. The lowest BCUT2D eigenvalue weighted by atomic mass is 9.96. The second-order valence-corrected chi connectivity index (χ2v) is 6.43. The normalized spacial score (nSPS) is 13.7. The molecule has 0 saturated heterocycles. The Morgan fingerprint density at radius 2 is 2.00 bits per heavy atom. The molecule has 0 unspecified atom stereocenters. The predicted molar refractivity (Wildman–Crippen MR) is 92.9 cm³/mol. The molecule has 0 spiro atoms. The second kappa shape index (κ2) is 6.29. The summed E-state index contributed by atoms with van der Waals surface area (Å²) in [7, 11) is 0. The average Bonchev–Trinajstić information content (AvgIpc) is 3.06. The SMILES string of the molecule is O=C1CCCc2c1cnc1c(C(=O)NCc3ccc(Cl)cc3)cnn21. The molecule has 0 saturated carbocycles. The van der Waals surface area contributed by atoms with Crippen LogP contribution in [-0.2, 0) is 13.0 Å². The zero-order chi connectivity index (χ0) is 17.4. The van der Waals surface area contributed by atoms with E-state index in [-0.39, 0.29) is 11.7 Å². The van der Waals surface area contributed by atoms with E-state index in [2.05, 4.69) is 15.4 Å². The van der Waals surface area contributed by atoms with Crippen LogP contribution in [0.4, 0.5) is 0 Å². The molecular weight excluding hydrogens is 340 g/mol. The summed E-state index contributed by atoms with van der Waals surface area (Å²) < 4.78 is 1.61. The molecule has 0 atom stereocenters. The fourth-order valence-electron chi connectivity index (χ4n) is 3.04. The topological polar surface area (TPSA) is 76.4 Å². The number of nitrogens with one attached hydrogen (secondary N) is 1. The summed E-state index contributed by atoms with van der Waals surface area (Å²) in [6.07, 6.45) is 5.15. The number of carbonyl (C=O) groups excluding carboxylic acids is 2. The van der Waals surface area contributed by atoms with E-state index in [9.17, 15) is 9.59 Å². The Labute approximate surface area is 148 Å². The molecule has 1 amide bonds. The minimum atomic E-state index is -0.250. The second-order valence-electron chi connectivity index (χ2n) is 6.00. The molecule has 7 heteroatoms. The maximum Gasteiger partial charge on any atom is 0.257 e. The van der Waals surface area contributed by atoms with Gasteiger partial charge in [0, 0.05) is 24.2 Å². The number of benzene rings is 1. The number of Topliss-reactive ketones (excluding diaryl/α,β-unsaturated/α-hetero) is 1. The van der Waals surface area contributed by atoms with E-state index in [0.29, 0.717) is 34.8 Å². The Balaban J connectivity index is 1.60. The average molecular weight is 355 g/mol. The summed E-state index contributed by atoms with van der Waals surface area (Å²) in [5.41, 5.74) is 3.26. The first-order valence-electron chi connectivity index (χ1n) is 8.05. The molecule has 1 N–H and O–H groups in total. The van der Waals surface area contributed by atoms with Gasteiger partial charge >= 0.3 is 0 Å². The highest BCUT2D eigenvalue weighted by Crippen LogP contribution is 2.22. The largest absolute Gasteiger partial charge is 0.348 e. The summed E-state index contributed by atoms with van der Waals surface area (Å²) in [6.45, 7) is 0.386. The van der Waals surface area contributed by atoms with Crippen LogP contribution in [0.2, 0.25) is 5.02 Å². The molecule has 0 radical (unpaired) electrons. The van der Waals surface area contributed by atoms with Crippen LogP contribution in [0.15, 0.2) is 36.7 Å². The number of aromatic nitrogens is 3. The maximum atomic E-state index is 12.5. The standard InChI is InChI=1S/C18H15ClN4O2/c19-12-6-4-11(5-7-12)8-21-18(25)14-10-22-23-15-2-1-3-16(24)13(15)9-20-17(14)23/h4-7,9-10H,1-3,8H2,(H,21,25). The number of halogens is 1. The van der Waals surface area contributed by atoms with Crippen molar-refractivity contribution in [3.63, 3.8) is 0 Å². The third-order valence-electron chi connectivity index (χ3n) is 4.36. The van der Waals surface area contributed by atoms with Crippen molar-refractivity contribution in [2.75, 3.05) is 0 Å². The third kappa shape index (κ3) is 2.89. The Bertz CT molecular complexity index is 979. The van der Waals surface area contributed by atoms with Gasteiger partial charge in [-0.15, -0.1) is 0 Å². The van der Waals surface area contributed by atoms with Crippen LogP contribution in [0.1, 0.15) is 44.8 Å². The molecule has 2 aromatic heterocycles. The van der Waals surface area contributed by atoms with Crippen LogP contribution >= 0.6 is 11.6 Å². The van der Waals surface area contributed by atoms with Crippen molar-refractivity contribution in [1.29, 1.82) is 0 Å². The van der Waals surface area contributed by atoms with Crippen LogP contribution in [0.5, 0.6) is 0 Å². The number of amides is 1. The lowest BCUT2D eigenvalue weighted by molar-refractivity contribution is 0.0950. The molecule has 0 aliphatic heterocycles. The van der Waals surface area contributed by atoms with Crippen molar-refractivity contribution in [2.24, 2.45) is 0 Å². The molecule has 0 bridgehead atoms. The number of nitrogens with zero attached hydrogens (tertiary/aromatic N) is 3. The van der Waals surface area contributed by atoms with Crippen molar-refractivity contribution in [1.82, 2.24) is 19.9 Å². The van der Waals surface area contributed by atoms with Gasteiger partial charge in [-0.1, -0.05) is 23.7 Å². The van der Waals surface area contributed by atoms with Crippen molar-refractivity contribution in [3.05, 3.63) is 64.1 Å². The zero-order valence-corrected chi connectivity index (χ0v) is 14.1. The molecule has 4 rings (SSSR count). The number of rotatable bonds is 3. The highest BCUT2D eigenvalue weighted by molar-refractivity contribution is 6.30. The van der Waals surface area contributed by atoms with Gasteiger partial charge in [-0.3, -0.25) is 9.59 Å². The third-order valence-corrected chi connectivity index (χ3v) is 4.61. The first kappa shape index (κ1) is 15.8. The number of fused-ring (bicyclic) bond motifs is 3. The number of carbonyl (C=O) groups is 2. The molecule has 0 fully saturated rings. The Morgan fingerprint density at radius 3 is 2.80 bits per heavy atom. The smallest absolute Gasteiger partial charge is 0.257 e. The van der Waals surface area contributed by atoms with Crippen molar-refractivity contribution in [2.45, 2.75) is 25.8 Å². The lowest BCUT2D eigenvalue weighted by Gasteiger charge is -2.14. The first-order chi connectivity index (χ1) is 12.1. The van der Waals surface area contributed by atoms with Crippen LogP contribution in [0.25, 0.3) is 5.65 Å². The summed E-state index contributed by atoms with van der Waals surface area (Å²) in [4.78, 5) is 28.8. The van der Waals surface area contributed by atoms with Gasteiger partial charge in [0.15, 0.2) is 11.4 Å². The number of hydrogen-bond donors (Lipinski definition) is 1. The van der Waals surface area contributed by atoms with E-state index >= 15 is 0 Å². The quantitative estimate of drug-likeness (QED) is 0.784. The van der Waals surface area contributed by atoms with Gasteiger partial charge in [-0.05, 0) is 30.5 Å². The van der Waals surface area contributed by atoms with Crippen molar-refractivity contribution >= 4 is 28.9 Å². The minimum Gasteiger partial charge on any atom is -0.348 e. The van der Waals surface area contributed by atoms with Crippen LogP contribution in [0.3, 0.4) is 0 Å². The summed E-state index contributed by atoms with van der Waals surface area (Å²) in [5, 5.41) is 7.79. The number of aryl methyl sites for hydroxylation is 1. The predicted octanol–water partition coefficient (Wildman–Crippen LogP) is 2.83. The van der Waals surface area contributed by atoms with Gasteiger partial charge in [0.25, 0.3) is 5.91 Å². The van der Waals surface area contributed by atoms with E-state index < -0.39 is 0 Å². The molecule has 1 aromatic carbocycles. The fourth-order valence-corrected chi connectivity index (χ4v) is 3.17. The summed E-state index contributed by atoms with van der Waals surface area (Å²) >= 11 is 5.86. The molecule has 25 heavy (non-hydrogen) atoms. The van der Waals surface area contributed by atoms with Crippen molar-refractivity contribution in [3.8, 4) is 0 Å². The van der Waals surface area contributed by atoms with Crippen LogP contribution < -0.4 is 5.32 Å². The molecule has 6 nitrogen and oxygen atoms in total. The maximum absolute atomic E-state index is 12.5. The Morgan fingerprint density at radius 1 is 1.20 bits per heavy atom. The molecule has 3 aromatic rings. The number of hydrogen-bond acceptors (Lipinski definition) is 4. The summed E-state index contributed by atoms with van der Waals surface area (Å²) in [5.74, 6) is -0.167. The molecule has 1 aliphatic rings. The lowest BCUT2D eigenvalue weighted by Crippen LogP contribution is -2.23. The van der Waals surface area contributed by atoms with Crippen molar-refractivity contribution < 1.29 is 9.59 Å². The molecular formula is C18H15ClN4O2.